The number of amides is 2. The molecule has 0 radical (unpaired) electrons. The Kier molecular flexibility index (Phi) is 14.2. The van der Waals surface area contributed by atoms with Crippen molar-refractivity contribution >= 4 is 17.6 Å². The lowest BCUT2D eigenvalue weighted by atomic mass is 10.1. The molecule has 1 aliphatic rings. The van der Waals surface area contributed by atoms with Crippen molar-refractivity contribution in [1.82, 2.24) is 4.90 Å². The fraction of sp³-hybridized carbons (Fsp3) is 0.750. The van der Waals surface area contributed by atoms with E-state index in [4.69, 9.17) is 23.7 Å². The molecule has 0 spiro atoms. The summed E-state index contributed by atoms with van der Waals surface area (Å²) in [5, 5.41) is 0. The largest absolute Gasteiger partial charge is 0.382 e. The molecule has 0 aromatic rings. The van der Waals surface area contributed by atoms with Crippen LogP contribution in [-0.2, 0) is 38.1 Å². The van der Waals surface area contributed by atoms with Crippen LogP contribution in [0, 0.1) is 5.92 Å². The van der Waals surface area contributed by atoms with Crippen molar-refractivity contribution in [2.24, 2.45) is 5.92 Å². The van der Waals surface area contributed by atoms with Gasteiger partial charge in [-0.05, 0) is 6.42 Å². The predicted molar refractivity (Wildman–Crippen MR) is 104 cm³/mol. The summed E-state index contributed by atoms with van der Waals surface area (Å²) in [5.41, 5.74) is 0. The number of rotatable bonds is 19. The normalized spacial score (nSPS) is 13.8. The molecule has 0 aromatic heterocycles. The number of methoxy groups -OCH3 is 2. The Bertz CT molecular complexity index is 493. The predicted octanol–water partition coefficient (Wildman–Crippen LogP) is 0.610. The van der Waals surface area contributed by atoms with E-state index in [0.717, 1.165) is 4.90 Å². The van der Waals surface area contributed by atoms with Crippen LogP contribution in [0.25, 0.3) is 0 Å². The van der Waals surface area contributed by atoms with Crippen molar-refractivity contribution < 1.29 is 38.1 Å². The first-order valence-corrected chi connectivity index (χ1v) is 9.84. The number of nitrogens with zero attached hydrogens (tertiary/aromatic N) is 1. The summed E-state index contributed by atoms with van der Waals surface area (Å²) >= 11 is 0. The van der Waals surface area contributed by atoms with E-state index in [0.29, 0.717) is 65.7 Å². The smallest absolute Gasteiger partial charge is 0.253 e. The molecular formula is C20H33NO8. The second kappa shape index (κ2) is 16.2. The lowest BCUT2D eigenvalue weighted by Gasteiger charge is -2.17. The number of carbonyl (C=O) groups excluding carboxylic acids is 3. The molecule has 0 saturated carbocycles. The van der Waals surface area contributed by atoms with Crippen LogP contribution in [0.5, 0.6) is 0 Å². The Hall–Kier alpha value is -1.65. The standard InChI is InChI=1S/C20H33NO8/c1-25-10-12-28-15-17(16-29-13-11-26-2)14-27-9-3-4-18(22)7-8-21-19(23)5-6-20(21)24/h5-6,17H,3-4,7-16H2,1-2H3. The van der Waals surface area contributed by atoms with Gasteiger partial charge >= 0.3 is 0 Å². The Labute approximate surface area is 172 Å². The topological polar surface area (TPSA) is 101 Å². The maximum atomic E-state index is 11.9. The van der Waals surface area contributed by atoms with Crippen LogP contribution in [0.15, 0.2) is 12.2 Å². The zero-order valence-corrected chi connectivity index (χ0v) is 17.4. The van der Waals surface area contributed by atoms with E-state index in [1.807, 2.05) is 0 Å². The lowest BCUT2D eigenvalue weighted by molar-refractivity contribution is -0.137. The molecule has 29 heavy (non-hydrogen) atoms. The van der Waals surface area contributed by atoms with E-state index >= 15 is 0 Å². The minimum Gasteiger partial charge on any atom is -0.382 e. The zero-order valence-electron chi connectivity index (χ0n) is 17.4. The van der Waals surface area contributed by atoms with Crippen molar-refractivity contribution in [1.29, 1.82) is 0 Å². The lowest BCUT2D eigenvalue weighted by Crippen LogP contribution is -2.32. The van der Waals surface area contributed by atoms with Crippen LogP contribution < -0.4 is 0 Å². The number of hydrogen-bond acceptors (Lipinski definition) is 8. The van der Waals surface area contributed by atoms with Gasteiger partial charge in [-0.2, -0.15) is 0 Å². The van der Waals surface area contributed by atoms with Crippen molar-refractivity contribution in [3.8, 4) is 0 Å². The summed E-state index contributed by atoms with van der Waals surface area (Å²) in [6, 6.07) is 0. The molecule has 2 amide bonds. The summed E-state index contributed by atoms with van der Waals surface area (Å²) < 4.78 is 26.7. The molecule has 0 atom stereocenters. The Morgan fingerprint density at radius 3 is 1.86 bits per heavy atom. The molecule has 0 fully saturated rings. The van der Waals surface area contributed by atoms with Gasteiger partial charge in [-0.3, -0.25) is 19.3 Å². The number of imide groups is 1. The van der Waals surface area contributed by atoms with Gasteiger partial charge < -0.3 is 23.7 Å². The van der Waals surface area contributed by atoms with E-state index in [-0.39, 0.29) is 36.5 Å². The van der Waals surface area contributed by atoms with Crippen molar-refractivity contribution in [3.63, 3.8) is 0 Å². The average molecular weight is 415 g/mol. The summed E-state index contributed by atoms with van der Waals surface area (Å²) in [6.45, 7) is 4.13. The summed E-state index contributed by atoms with van der Waals surface area (Å²) in [6.07, 6.45) is 3.54. The SMILES string of the molecule is COCCOCC(COCCCC(=O)CCN1C(=O)C=CC1=O)COCCOC. The van der Waals surface area contributed by atoms with Gasteiger partial charge in [-0.1, -0.05) is 0 Å². The van der Waals surface area contributed by atoms with Crippen molar-refractivity contribution in [3.05, 3.63) is 12.2 Å². The van der Waals surface area contributed by atoms with Crippen LogP contribution in [0.1, 0.15) is 19.3 Å². The summed E-state index contributed by atoms with van der Waals surface area (Å²) in [5.74, 6) is -0.641. The Morgan fingerprint density at radius 2 is 1.34 bits per heavy atom. The summed E-state index contributed by atoms with van der Waals surface area (Å²) in [4.78, 5) is 35.9. The van der Waals surface area contributed by atoms with E-state index < -0.39 is 0 Å². The molecule has 9 nitrogen and oxygen atoms in total. The third-order valence-electron chi connectivity index (χ3n) is 4.18. The quantitative estimate of drug-likeness (QED) is 0.223. The third-order valence-corrected chi connectivity index (χ3v) is 4.18. The molecule has 1 rings (SSSR count). The number of ether oxygens (including phenoxy) is 5. The minimum absolute atomic E-state index is 0.00319. The maximum absolute atomic E-state index is 11.9. The highest BCUT2D eigenvalue weighted by molar-refractivity contribution is 6.13. The number of carbonyl (C=O) groups is 3. The van der Waals surface area contributed by atoms with Crippen molar-refractivity contribution in [2.45, 2.75) is 19.3 Å². The van der Waals surface area contributed by atoms with E-state index in [1.165, 1.54) is 12.2 Å². The first kappa shape index (κ1) is 25.4. The van der Waals surface area contributed by atoms with Crippen LogP contribution in [0.2, 0.25) is 0 Å². The highest BCUT2D eigenvalue weighted by atomic mass is 16.5. The molecule has 0 saturated heterocycles. The average Bonchev–Trinajstić information content (AvgIpc) is 3.03. The van der Waals surface area contributed by atoms with Crippen LogP contribution >= 0.6 is 0 Å². The monoisotopic (exact) mass is 415 g/mol. The van der Waals surface area contributed by atoms with Gasteiger partial charge in [0.25, 0.3) is 11.8 Å². The third kappa shape index (κ3) is 11.8. The molecule has 0 aromatic carbocycles. The minimum atomic E-state index is -0.363. The fourth-order valence-electron chi connectivity index (χ4n) is 2.56. The maximum Gasteiger partial charge on any atom is 0.253 e. The highest BCUT2D eigenvalue weighted by Gasteiger charge is 2.23. The molecule has 1 heterocycles. The molecule has 166 valence electrons. The Balaban J connectivity index is 2.14. The molecule has 0 bridgehead atoms. The van der Waals surface area contributed by atoms with E-state index in [1.54, 1.807) is 14.2 Å². The van der Waals surface area contributed by atoms with Gasteiger partial charge in [-0.15, -0.1) is 0 Å². The van der Waals surface area contributed by atoms with Crippen molar-refractivity contribution in [2.75, 3.05) is 73.6 Å². The van der Waals surface area contributed by atoms with Crippen LogP contribution in [0.3, 0.4) is 0 Å². The first-order valence-electron chi connectivity index (χ1n) is 9.84. The van der Waals surface area contributed by atoms with Crippen LogP contribution in [-0.4, -0.2) is 96.1 Å². The van der Waals surface area contributed by atoms with Gasteiger partial charge in [0.2, 0.25) is 0 Å². The van der Waals surface area contributed by atoms with E-state index in [9.17, 15) is 14.4 Å². The molecule has 1 aliphatic heterocycles. The van der Waals surface area contributed by atoms with Gasteiger partial charge in [0, 0.05) is 58.3 Å². The number of ketones is 1. The molecule has 0 N–H and O–H groups in total. The first-order chi connectivity index (χ1) is 14.1. The van der Waals surface area contributed by atoms with Gasteiger partial charge in [0.05, 0.1) is 46.2 Å². The molecular weight excluding hydrogens is 382 g/mol. The number of hydrogen-bond donors (Lipinski definition) is 0. The molecule has 9 heteroatoms. The highest BCUT2D eigenvalue weighted by Crippen LogP contribution is 2.07. The molecule has 0 unspecified atom stereocenters. The fourth-order valence-corrected chi connectivity index (χ4v) is 2.56. The number of Topliss-reactive ketones (excluding diaryl/α,β-unsaturated/α-hetero) is 1. The zero-order chi connectivity index (χ0) is 21.3. The molecule has 0 aliphatic carbocycles. The second-order valence-electron chi connectivity index (χ2n) is 6.63. The Morgan fingerprint density at radius 1 is 0.828 bits per heavy atom. The summed E-state index contributed by atoms with van der Waals surface area (Å²) in [7, 11) is 3.24. The van der Waals surface area contributed by atoms with Gasteiger partial charge in [0.1, 0.15) is 5.78 Å². The van der Waals surface area contributed by atoms with Gasteiger partial charge in [-0.25, -0.2) is 0 Å². The van der Waals surface area contributed by atoms with Gasteiger partial charge in [0.15, 0.2) is 0 Å². The second-order valence-corrected chi connectivity index (χ2v) is 6.63. The van der Waals surface area contributed by atoms with E-state index in [2.05, 4.69) is 0 Å². The van der Waals surface area contributed by atoms with Crippen LogP contribution in [0.4, 0.5) is 0 Å².